The second kappa shape index (κ2) is 6.03. The van der Waals surface area contributed by atoms with Gasteiger partial charge in [0.25, 0.3) is 5.91 Å². The predicted molar refractivity (Wildman–Crippen MR) is 79.8 cm³/mol. The molecule has 0 radical (unpaired) electrons. The Morgan fingerprint density at radius 3 is 2.75 bits per heavy atom. The number of hydrogen-bond donors (Lipinski definition) is 1. The van der Waals surface area contributed by atoms with E-state index in [-0.39, 0.29) is 5.91 Å². The van der Waals surface area contributed by atoms with Crippen LogP contribution in [0.15, 0.2) is 6.07 Å². The van der Waals surface area contributed by atoms with Crippen LogP contribution in [0.1, 0.15) is 47.9 Å². The van der Waals surface area contributed by atoms with Crippen LogP contribution in [0.4, 0.5) is 0 Å². The number of hydrogen-bond acceptors (Lipinski definition) is 3. The van der Waals surface area contributed by atoms with Crippen molar-refractivity contribution in [2.75, 3.05) is 6.54 Å². The van der Waals surface area contributed by atoms with E-state index in [4.69, 9.17) is 0 Å². The average molecular weight is 274 g/mol. The summed E-state index contributed by atoms with van der Waals surface area (Å²) in [6.07, 6.45) is 3.30. The van der Waals surface area contributed by atoms with Crippen LogP contribution in [-0.4, -0.2) is 27.2 Å². The normalized spacial score (nSPS) is 11.0. The molecule has 108 valence electrons. The van der Waals surface area contributed by atoms with E-state index in [1.165, 1.54) is 0 Å². The highest BCUT2D eigenvalue weighted by atomic mass is 16.1. The van der Waals surface area contributed by atoms with Crippen LogP contribution >= 0.6 is 0 Å². The van der Waals surface area contributed by atoms with Crippen molar-refractivity contribution in [3.8, 4) is 0 Å². The number of pyridine rings is 1. The lowest BCUT2D eigenvalue weighted by atomic mass is 10.1. The molecular formula is C15H22N4O. The van der Waals surface area contributed by atoms with Crippen molar-refractivity contribution < 1.29 is 4.79 Å². The minimum Gasteiger partial charge on any atom is -0.352 e. The van der Waals surface area contributed by atoms with Gasteiger partial charge in [-0.15, -0.1) is 0 Å². The lowest BCUT2D eigenvalue weighted by Crippen LogP contribution is -2.25. The Hall–Kier alpha value is -1.91. The van der Waals surface area contributed by atoms with Gasteiger partial charge in [-0.3, -0.25) is 9.48 Å². The van der Waals surface area contributed by atoms with Crippen LogP contribution in [0.5, 0.6) is 0 Å². The number of carbonyl (C=O) groups is 1. The van der Waals surface area contributed by atoms with Crippen molar-refractivity contribution in [2.45, 2.75) is 40.0 Å². The lowest BCUT2D eigenvalue weighted by molar-refractivity contribution is 0.0952. The maximum atomic E-state index is 12.2. The summed E-state index contributed by atoms with van der Waals surface area (Å²) in [5, 5.41) is 8.24. The second-order valence-corrected chi connectivity index (χ2v) is 5.16. The molecule has 20 heavy (non-hydrogen) atoms. The van der Waals surface area contributed by atoms with Crippen LogP contribution < -0.4 is 5.32 Å². The van der Waals surface area contributed by atoms with E-state index in [1.54, 1.807) is 4.68 Å². The van der Waals surface area contributed by atoms with Crippen LogP contribution in [0, 0.1) is 13.8 Å². The first-order valence-corrected chi connectivity index (χ1v) is 7.13. The number of unbranched alkanes of at least 4 members (excludes halogenated alkanes) is 2. The molecule has 2 aromatic heterocycles. The predicted octanol–water partition coefficient (Wildman–Crippen LogP) is 2.51. The van der Waals surface area contributed by atoms with E-state index in [0.717, 1.165) is 48.2 Å². The fraction of sp³-hybridized carbons (Fsp3) is 0.533. The van der Waals surface area contributed by atoms with E-state index < -0.39 is 0 Å². The number of carbonyl (C=O) groups excluding carboxylic acids is 1. The Morgan fingerprint density at radius 2 is 2.05 bits per heavy atom. The first kappa shape index (κ1) is 14.5. The summed E-state index contributed by atoms with van der Waals surface area (Å²) in [5.41, 5.74) is 3.11. The first-order valence-electron chi connectivity index (χ1n) is 7.13. The molecule has 5 heteroatoms. The molecule has 0 aromatic carbocycles. The molecule has 0 unspecified atom stereocenters. The molecule has 0 saturated heterocycles. The SMILES string of the molecule is CCCCCNC(=O)c1cc2c(C)nn(C)c2nc1C. The third kappa shape index (κ3) is 2.81. The van der Waals surface area contributed by atoms with Crippen molar-refractivity contribution >= 4 is 16.9 Å². The molecule has 5 nitrogen and oxygen atoms in total. The molecule has 2 heterocycles. The summed E-state index contributed by atoms with van der Waals surface area (Å²) in [4.78, 5) is 16.7. The van der Waals surface area contributed by atoms with Crippen LogP contribution in [0.25, 0.3) is 11.0 Å². The van der Waals surface area contributed by atoms with Gasteiger partial charge in [0.05, 0.1) is 17.0 Å². The van der Waals surface area contributed by atoms with Gasteiger partial charge in [-0.2, -0.15) is 5.10 Å². The van der Waals surface area contributed by atoms with Gasteiger partial charge in [-0.05, 0) is 26.3 Å². The quantitative estimate of drug-likeness (QED) is 0.852. The maximum Gasteiger partial charge on any atom is 0.253 e. The smallest absolute Gasteiger partial charge is 0.253 e. The Labute approximate surface area is 119 Å². The molecule has 0 atom stereocenters. The topological polar surface area (TPSA) is 59.8 Å². The molecular weight excluding hydrogens is 252 g/mol. The number of aryl methyl sites for hydroxylation is 3. The standard InChI is InChI=1S/C15H22N4O/c1-5-6-7-8-16-15(20)13-9-12-11(3)18-19(4)14(12)17-10(13)2/h9H,5-8H2,1-4H3,(H,16,20). The fourth-order valence-electron chi connectivity index (χ4n) is 2.33. The Morgan fingerprint density at radius 1 is 1.30 bits per heavy atom. The van der Waals surface area contributed by atoms with Gasteiger partial charge in [0, 0.05) is 19.0 Å². The minimum absolute atomic E-state index is 0.0451. The van der Waals surface area contributed by atoms with Crippen molar-refractivity contribution in [3.05, 3.63) is 23.0 Å². The Bertz CT molecular complexity index is 630. The molecule has 0 aliphatic carbocycles. The summed E-state index contributed by atoms with van der Waals surface area (Å²) in [6.45, 7) is 6.66. The van der Waals surface area contributed by atoms with Gasteiger partial charge in [0.1, 0.15) is 0 Å². The van der Waals surface area contributed by atoms with Crippen molar-refractivity contribution in [2.24, 2.45) is 7.05 Å². The van der Waals surface area contributed by atoms with Gasteiger partial charge >= 0.3 is 0 Å². The fourth-order valence-corrected chi connectivity index (χ4v) is 2.33. The largest absolute Gasteiger partial charge is 0.352 e. The molecule has 0 aliphatic heterocycles. The molecule has 0 spiro atoms. The van der Waals surface area contributed by atoms with Crippen molar-refractivity contribution in [1.82, 2.24) is 20.1 Å². The average Bonchev–Trinajstić information content (AvgIpc) is 2.68. The first-order chi connectivity index (χ1) is 9.54. The van der Waals surface area contributed by atoms with Gasteiger partial charge in [0.15, 0.2) is 5.65 Å². The molecule has 1 N–H and O–H groups in total. The van der Waals surface area contributed by atoms with Crippen LogP contribution in [0.2, 0.25) is 0 Å². The summed E-state index contributed by atoms with van der Waals surface area (Å²) in [7, 11) is 1.87. The van der Waals surface area contributed by atoms with E-state index in [2.05, 4.69) is 22.3 Å². The zero-order chi connectivity index (χ0) is 14.7. The second-order valence-electron chi connectivity index (χ2n) is 5.16. The third-order valence-corrected chi connectivity index (χ3v) is 3.50. The van der Waals surface area contributed by atoms with E-state index >= 15 is 0 Å². The lowest BCUT2D eigenvalue weighted by Gasteiger charge is -2.07. The molecule has 0 aliphatic rings. The van der Waals surface area contributed by atoms with E-state index in [9.17, 15) is 4.79 Å². The zero-order valence-corrected chi connectivity index (χ0v) is 12.7. The highest BCUT2D eigenvalue weighted by Crippen LogP contribution is 2.19. The van der Waals surface area contributed by atoms with E-state index in [0.29, 0.717) is 5.56 Å². The number of nitrogens with zero attached hydrogens (tertiary/aromatic N) is 3. The molecule has 1 amide bonds. The molecule has 2 rings (SSSR count). The summed E-state index contributed by atoms with van der Waals surface area (Å²) in [6, 6.07) is 1.90. The van der Waals surface area contributed by atoms with Crippen molar-refractivity contribution in [3.63, 3.8) is 0 Å². The number of nitrogens with one attached hydrogen (secondary N) is 1. The molecule has 0 saturated carbocycles. The highest BCUT2D eigenvalue weighted by molar-refractivity contribution is 5.98. The van der Waals surface area contributed by atoms with Gasteiger partial charge < -0.3 is 5.32 Å². The summed E-state index contributed by atoms with van der Waals surface area (Å²) in [5.74, 6) is -0.0451. The monoisotopic (exact) mass is 274 g/mol. The van der Waals surface area contributed by atoms with Crippen LogP contribution in [-0.2, 0) is 7.05 Å². The third-order valence-electron chi connectivity index (χ3n) is 3.50. The number of fused-ring (bicyclic) bond motifs is 1. The number of amides is 1. The zero-order valence-electron chi connectivity index (χ0n) is 12.7. The number of aromatic nitrogens is 3. The maximum absolute atomic E-state index is 12.2. The number of rotatable bonds is 5. The Balaban J connectivity index is 2.23. The summed E-state index contributed by atoms with van der Waals surface area (Å²) >= 11 is 0. The van der Waals surface area contributed by atoms with Crippen molar-refractivity contribution in [1.29, 1.82) is 0 Å². The summed E-state index contributed by atoms with van der Waals surface area (Å²) < 4.78 is 1.75. The minimum atomic E-state index is -0.0451. The molecule has 2 aromatic rings. The Kier molecular flexibility index (Phi) is 4.37. The molecule has 0 fully saturated rings. The van der Waals surface area contributed by atoms with Gasteiger partial charge in [0.2, 0.25) is 0 Å². The van der Waals surface area contributed by atoms with Gasteiger partial charge in [-0.25, -0.2) is 4.98 Å². The van der Waals surface area contributed by atoms with Gasteiger partial charge in [-0.1, -0.05) is 19.8 Å². The highest BCUT2D eigenvalue weighted by Gasteiger charge is 2.14. The molecule has 0 bridgehead atoms. The van der Waals surface area contributed by atoms with Crippen LogP contribution in [0.3, 0.4) is 0 Å². The van der Waals surface area contributed by atoms with E-state index in [1.807, 2.05) is 27.0 Å².